The van der Waals surface area contributed by atoms with Gasteiger partial charge in [-0.1, -0.05) is 0 Å². The lowest BCUT2D eigenvalue weighted by Gasteiger charge is -2.35. The Morgan fingerprint density at radius 3 is 2.83 bits per heavy atom. The minimum absolute atomic E-state index is 0.0285. The highest BCUT2D eigenvalue weighted by atomic mass is 16.3. The summed E-state index contributed by atoms with van der Waals surface area (Å²) >= 11 is 0. The molecular weight excluding hydrogens is 238 g/mol. The number of rotatable bonds is 5. The molecule has 8 heteroatoms. The van der Waals surface area contributed by atoms with E-state index in [1.807, 2.05) is 0 Å². The Morgan fingerprint density at radius 1 is 1.44 bits per heavy atom. The normalized spacial score (nSPS) is 32.7. The third kappa shape index (κ3) is 2.79. The van der Waals surface area contributed by atoms with Gasteiger partial charge in [-0.15, -0.1) is 0 Å². The average molecular weight is 259 g/mol. The standard InChI is InChI=1S/C10H21N5O3/c11-10-13-8-7(9(18)14-10)12-5-15(8)2-1-6(3-16)4-17/h6-8,10,12-13,16-17H,1-5,11H2,(H,14,18). The summed E-state index contributed by atoms with van der Waals surface area (Å²) in [5.41, 5.74) is 5.67. The van der Waals surface area contributed by atoms with Crippen LogP contribution in [-0.2, 0) is 4.79 Å². The molecular formula is C10H21N5O3. The maximum atomic E-state index is 11.7. The predicted octanol–water partition coefficient (Wildman–Crippen LogP) is -3.50. The second kappa shape index (κ2) is 5.91. The second-order valence-corrected chi connectivity index (χ2v) is 4.77. The molecule has 0 spiro atoms. The number of amides is 1. The number of carbonyl (C=O) groups excluding carboxylic acids is 1. The number of nitrogens with zero attached hydrogens (tertiary/aromatic N) is 1. The third-order valence-electron chi connectivity index (χ3n) is 3.49. The van der Waals surface area contributed by atoms with Gasteiger partial charge >= 0.3 is 0 Å². The number of hydrogen-bond acceptors (Lipinski definition) is 7. The Labute approximate surface area is 106 Å². The lowest BCUT2D eigenvalue weighted by molar-refractivity contribution is -0.127. The summed E-state index contributed by atoms with van der Waals surface area (Å²) in [7, 11) is 0. The predicted molar refractivity (Wildman–Crippen MR) is 63.8 cm³/mol. The van der Waals surface area contributed by atoms with Gasteiger partial charge in [-0.05, 0) is 6.42 Å². The molecule has 104 valence electrons. The average Bonchev–Trinajstić information content (AvgIpc) is 2.74. The first-order chi connectivity index (χ1) is 8.65. The number of aliphatic hydroxyl groups excluding tert-OH is 2. The van der Waals surface area contributed by atoms with Crippen molar-refractivity contribution < 1.29 is 15.0 Å². The highest BCUT2D eigenvalue weighted by molar-refractivity contribution is 5.83. The second-order valence-electron chi connectivity index (χ2n) is 4.77. The Kier molecular flexibility index (Phi) is 4.49. The van der Waals surface area contributed by atoms with Crippen LogP contribution in [0.25, 0.3) is 0 Å². The van der Waals surface area contributed by atoms with Gasteiger partial charge in [0, 0.05) is 25.7 Å². The summed E-state index contributed by atoms with van der Waals surface area (Å²) in [6.07, 6.45) is 0.00981. The van der Waals surface area contributed by atoms with Gasteiger partial charge in [-0.3, -0.25) is 26.1 Å². The van der Waals surface area contributed by atoms with E-state index in [0.29, 0.717) is 19.6 Å². The number of nitrogens with one attached hydrogen (secondary N) is 3. The fourth-order valence-electron chi connectivity index (χ4n) is 2.35. The summed E-state index contributed by atoms with van der Waals surface area (Å²) in [6, 6.07) is -0.300. The Balaban J connectivity index is 1.89. The van der Waals surface area contributed by atoms with Crippen LogP contribution in [0.3, 0.4) is 0 Å². The Hall–Kier alpha value is -0.770. The molecule has 3 unspecified atom stereocenters. The summed E-state index contributed by atoms with van der Waals surface area (Å²) in [4.78, 5) is 13.7. The van der Waals surface area contributed by atoms with Crippen molar-refractivity contribution in [1.82, 2.24) is 20.9 Å². The molecule has 2 fully saturated rings. The smallest absolute Gasteiger partial charge is 0.242 e. The summed E-state index contributed by atoms with van der Waals surface area (Å²) < 4.78 is 0. The van der Waals surface area contributed by atoms with Crippen LogP contribution in [0.1, 0.15) is 6.42 Å². The molecule has 2 saturated heterocycles. The summed E-state index contributed by atoms with van der Waals surface area (Å²) in [6.45, 7) is 1.22. The van der Waals surface area contributed by atoms with Crippen molar-refractivity contribution in [3.05, 3.63) is 0 Å². The van der Waals surface area contributed by atoms with Crippen LogP contribution in [-0.4, -0.2) is 65.9 Å². The summed E-state index contributed by atoms with van der Waals surface area (Å²) in [5, 5.41) is 26.9. The van der Waals surface area contributed by atoms with Crippen LogP contribution >= 0.6 is 0 Å². The molecule has 2 heterocycles. The lowest BCUT2D eigenvalue weighted by atomic mass is 10.1. The van der Waals surface area contributed by atoms with Crippen molar-refractivity contribution in [3.8, 4) is 0 Å². The van der Waals surface area contributed by atoms with E-state index >= 15 is 0 Å². The molecule has 0 radical (unpaired) electrons. The zero-order valence-electron chi connectivity index (χ0n) is 10.2. The highest BCUT2D eigenvalue weighted by Gasteiger charge is 2.42. The number of nitrogens with two attached hydrogens (primary N) is 1. The molecule has 2 rings (SSSR count). The van der Waals surface area contributed by atoms with E-state index < -0.39 is 6.29 Å². The largest absolute Gasteiger partial charge is 0.396 e. The third-order valence-corrected chi connectivity index (χ3v) is 3.49. The van der Waals surface area contributed by atoms with Crippen molar-refractivity contribution in [2.45, 2.75) is 24.9 Å². The first kappa shape index (κ1) is 13.7. The molecule has 2 aliphatic heterocycles. The topological polar surface area (TPSA) is 123 Å². The first-order valence-corrected chi connectivity index (χ1v) is 6.17. The molecule has 18 heavy (non-hydrogen) atoms. The van der Waals surface area contributed by atoms with Crippen LogP contribution in [0.4, 0.5) is 0 Å². The molecule has 7 N–H and O–H groups in total. The number of hydrogen-bond donors (Lipinski definition) is 6. The van der Waals surface area contributed by atoms with Gasteiger partial charge in [0.15, 0.2) is 0 Å². The van der Waals surface area contributed by atoms with E-state index in [0.717, 1.165) is 0 Å². The van der Waals surface area contributed by atoms with E-state index in [4.69, 9.17) is 15.9 Å². The zero-order chi connectivity index (χ0) is 13.1. The van der Waals surface area contributed by atoms with E-state index in [9.17, 15) is 4.79 Å². The molecule has 0 aromatic carbocycles. The minimum atomic E-state index is -0.535. The molecule has 2 aliphatic rings. The fraction of sp³-hybridized carbons (Fsp3) is 0.900. The number of carbonyl (C=O) groups is 1. The van der Waals surface area contributed by atoms with E-state index in [1.54, 1.807) is 0 Å². The molecule has 0 saturated carbocycles. The van der Waals surface area contributed by atoms with Gasteiger partial charge in [0.1, 0.15) is 12.3 Å². The molecule has 0 aliphatic carbocycles. The quantitative estimate of drug-likeness (QED) is 0.303. The lowest BCUT2D eigenvalue weighted by Crippen LogP contribution is -2.70. The van der Waals surface area contributed by atoms with Crippen molar-refractivity contribution >= 4 is 5.91 Å². The Morgan fingerprint density at radius 2 is 2.17 bits per heavy atom. The fourth-order valence-corrected chi connectivity index (χ4v) is 2.35. The molecule has 0 aromatic heterocycles. The van der Waals surface area contributed by atoms with E-state index in [-0.39, 0.29) is 37.2 Å². The minimum Gasteiger partial charge on any atom is -0.396 e. The van der Waals surface area contributed by atoms with Gasteiger partial charge in [-0.2, -0.15) is 0 Å². The van der Waals surface area contributed by atoms with Gasteiger partial charge in [-0.25, -0.2) is 0 Å². The summed E-state index contributed by atoms with van der Waals surface area (Å²) in [5.74, 6) is -0.218. The van der Waals surface area contributed by atoms with Crippen molar-refractivity contribution in [3.63, 3.8) is 0 Å². The highest BCUT2D eigenvalue weighted by Crippen LogP contribution is 2.14. The monoisotopic (exact) mass is 259 g/mol. The van der Waals surface area contributed by atoms with Gasteiger partial charge in [0.05, 0.1) is 12.8 Å². The number of aliphatic hydroxyl groups is 2. The van der Waals surface area contributed by atoms with Gasteiger partial charge < -0.3 is 15.5 Å². The van der Waals surface area contributed by atoms with E-state index in [2.05, 4.69) is 20.9 Å². The molecule has 1 amide bonds. The number of fused-ring (bicyclic) bond motifs is 1. The van der Waals surface area contributed by atoms with Crippen LogP contribution < -0.4 is 21.7 Å². The molecule has 8 nitrogen and oxygen atoms in total. The van der Waals surface area contributed by atoms with Crippen LogP contribution in [0.15, 0.2) is 0 Å². The van der Waals surface area contributed by atoms with Crippen LogP contribution in [0.2, 0.25) is 0 Å². The molecule has 0 aromatic rings. The van der Waals surface area contributed by atoms with Crippen molar-refractivity contribution in [1.29, 1.82) is 0 Å². The maximum Gasteiger partial charge on any atom is 0.242 e. The Bertz CT molecular complexity index is 299. The molecule has 0 bridgehead atoms. The van der Waals surface area contributed by atoms with Crippen LogP contribution in [0, 0.1) is 5.92 Å². The molecule has 3 atom stereocenters. The zero-order valence-corrected chi connectivity index (χ0v) is 10.2. The van der Waals surface area contributed by atoms with E-state index in [1.165, 1.54) is 0 Å². The maximum absolute atomic E-state index is 11.7. The van der Waals surface area contributed by atoms with Crippen LogP contribution in [0.5, 0.6) is 0 Å². The van der Waals surface area contributed by atoms with Gasteiger partial charge in [0.25, 0.3) is 0 Å². The van der Waals surface area contributed by atoms with Gasteiger partial charge in [0.2, 0.25) is 5.91 Å². The first-order valence-electron chi connectivity index (χ1n) is 6.17. The van der Waals surface area contributed by atoms with Crippen molar-refractivity contribution in [2.24, 2.45) is 11.7 Å². The SMILES string of the molecule is NC1NC(=O)C2NCN(CCC(CO)CO)C2N1. The van der Waals surface area contributed by atoms with Crippen molar-refractivity contribution in [2.75, 3.05) is 26.4 Å².